The zero-order chi connectivity index (χ0) is 17.1. The van der Waals surface area contributed by atoms with E-state index in [1.807, 2.05) is 47.1 Å². The van der Waals surface area contributed by atoms with Crippen molar-refractivity contribution in [3.05, 3.63) is 56.1 Å². The minimum absolute atomic E-state index is 0.0497. The van der Waals surface area contributed by atoms with E-state index in [2.05, 4.69) is 4.90 Å². The first-order valence-electron chi connectivity index (χ1n) is 8.25. The minimum Gasteiger partial charge on any atom is -0.337 e. The van der Waals surface area contributed by atoms with E-state index in [4.69, 9.17) is 0 Å². The van der Waals surface area contributed by atoms with Gasteiger partial charge in [0.15, 0.2) is 0 Å². The normalized spacial score (nSPS) is 14.5. The lowest BCUT2D eigenvalue weighted by molar-refractivity contribution is 0.0767. The van der Waals surface area contributed by atoms with E-state index in [1.54, 1.807) is 6.07 Å². The zero-order valence-corrected chi connectivity index (χ0v) is 15.0. The molecule has 2 aromatic heterocycles. The number of hydrogen-bond acceptors (Lipinski definition) is 4. The molecule has 0 spiro atoms. The molecule has 0 atom stereocenters. The Morgan fingerprint density at radius 1 is 1.21 bits per heavy atom. The second-order valence-electron chi connectivity index (χ2n) is 6.37. The fourth-order valence-electron chi connectivity index (χ4n) is 3.10. The third-order valence-corrected chi connectivity index (χ3v) is 5.31. The van der Waals surface area contributed by atoms with Gasteiger partial charge in [-0.25, -0.2) is 0 Å². The van der Waals surface area contributed by atoms with Gasteiger partial charge in [-0.2, -0.15) is 0 Å². The third-order valence-electron chi connectivity index (χ3n) is 4.45. The number of carbonyl (C=O) groups is 1. The molecule has 0 unspecified atom stereocenters. The van der Waals surface area contributed by atoms with Gasteiger partial charge < -0.3 is 14.4 Å². The molecule has 0 fully saturated rings. The molecule has 3 heterocycles. The van der Waals surface area contributed by atoms with E-state index in [0.717, 1.165) is 30.0 Å². The fourth-order valence-corrected chi connectivity index (χ4v) is 3.79. The Hall–Kier alpha value is -1.92. The molecule has 0 aromatic carbocycles. The summed E-state index contributed by atoms with van der Waals surface area (Å²) in [6.07, 6.45) is 1.53. The number of hydrogen-bond donors (Lipinski definition) is 0. The van der Waals surface area contributed by atoms with Gasteiger partial charge in [-0.15, -0.1) is 11.3 Å². The Morgan fingerprint density at radius 2 is 2.00 bits per heavy atom. The van der Waals surface area contributed by atoms with Crippen molar-refractivity contribution in [3.63, 3.8) is 0 Å². The predicted molar refractivity (Wildman–Crippen MR) is 96.9 cm³/mol. The standard InChI is InChI=1S/C18H23N3O2S/c1-19(2)11-12-21-15-8-10-20(18(23)16-4-3-13-24-16)9-7-14(15)5-6-17(21)22/h3-6,13H,7-12H2,1-2H3. The summed E-state index contributed by atoms with van der Waals surface area (Å²) in [5.41, 5.74) is 2.33. The van der Waals surface area contributed by atoms with E-state index in [0.29, 0.717) is 19.6 Å². The molecule has 0 saturated carbocycles. The summed E-state index contributed by atoms with van der Waals surface area (Å²) in [6.45, 7) is 2.88. The number of nitrogens with zero attached hydrogens (tertiary/aromatic N) is 3. The van der Waals surface area contributed by atoms with Crippen molar-refractivity contribution >= 4 is 17.2 Å². The van der Waals surface area contributed by atoms with E-state index in [9.17, 15) is 9.59 Å². The number of rotatable bonds is 4. The molecule has 1 aliphatic heterocycles. The second-order valence-corrected chi connectivity index (χ2v) is 7.32. The summed E-state index contributed by atoms with van der Waals surface area (Å²) >= 11 is 1.48. The first-order chi connectivity index (χ1) is 11.6. The van der Waals surface area contributed by atoms with E-state index in [-0.39, 0.29) is 11.5 Å². The fraction of sp³-hybridized carbons (Fsp3) is 0.444. The summed E-state index contributed by atoms with van der Waals surface area (Å²) in [5, 5.41) is 1.93. The van der Waals surface area contributed by atoms with Crippen LogP contribution in [0.3, 0.4) is 0 Å². The lowest BCUT2D eigenvalue weighted by atomic mass is 10.1. The van der Waals surface area contributed by atoms with Gasteiger partial charge in [-0.3, -0.25) is 9.59 Å². The monoisotopic (exact) mass is 345 g/mol. The van der Waals surface area contributed by atoms with Crippen molar-refractivity contribution in [3.8, 4) is 0 Å². The summed E-state index contributed by atoms with van der Waals surface area (Å²) < 4.78 is 1.88. The van der Waals surface area contributed by atoms with Crippen LogP contribution >= 0.6 is 11.3 Å². The Morgan fingerprint density at radius 3 is 2.71 bits per heavy atom. The van der Waals surface area contributed by atoms with Gasteiger partial charge in [0.2, 0.25) is 0 Å². The van der Waals surface area contributed by atoms with Crippen molar-refractivity contribution in [2.45, 2.75) is 19.4 Å². The van der Waals surface area contributed by atoms with Crippen molar-refractivity contribution in [1.29, 1.82) is 0 Å². The Balaban J connectivity index is 1.81. The molecular weight excluding hydrogens is 322 g/mol. The zero-order valence-electron chi connectivity index (χ0n) is 14.2. The van der Waals surface area contributed by atoms with Crippen molar-refractivity contribution in [2.75, 3.05) is 33.7 Å². The summed E-state index contributed by atoms with van der Waals surface area (Å²) in [6, 6.07) is 7.37. The molecule has 128 valence electrons. The molecule has 3 rings (SSSR count). The second kappa shape index (κ2) is 7.32. The highest BCUT2D eigenvalue weighted by molar-refractivity contribution is 7.12. The maximum atomic E-state index is 12.6. The molecule has 0 aliphatic carbocycles. The SMILES string of the molecule is CN(C)CCn1c2c(ccc1=O)CCN(C(=O)c1cccs1)CC2. The highest BCUT2D eigenvalue weighted by atomic mass is 32.1. The Labute approximate surface area is 146 Å². The number of pyridine rings is 1. The quantitative estimate of drug-likeness (QED) is 0.847. The van der Waals surface area contributed by atoms with Crippen LogP contribution in [0, 0.1) is 0 Å². The highest BCUT2D eigenvalue weighted by Crippen LogP contribution is 2.18. The molecule has 1 aliphatic rings. The molecule has 5 nitrogen and oxygen atoms in total. The van der Waals surface area contributed by atoms with Crippen LogP contribution in [0.15, 0.2) is 34.4 Å². The molecule has 2 aromatic rings. The van der Waals surface area contributed by atoms with Crippen LogP contribution in [0.4, 0.5) is 0 Å². The molecule has 1 amide bonds. The topological polar surface area (TPSA) is 45.6 Å². The van der Waals surface area contributed by atoms with Gasteiger partial charge >= 0.3 is 0 Å². The number of aromatic nitrogens is 1. The number of fused-ring (bicyclic) bond motifs is 1. The number of thiophene rings is 1. The third kappa shape index (κ3) is 3.60. The van der Waals surface area contributed by atoms with Crippen LogP contribution in [0.5, 0.6) is 0 Å². The van der Waals surface area contributed by atoms with Gasteiger partial charge in [0.05, 0.1) is 4.88 Å². The molecule has 0 bridgehead atoms. The molecular formula is C18H23N3O2S. The van der Waals surface area contributed by atoms with Crippen molar-refractivity contribution < 1.29 is 4.79 Å². The highest BCUT2D eigenvalue weighted by Gasteiger charge is 2.22. The molecule has 0 radical (unpaired) electrons. The van der Waals surface area contributed by atoms with Crippen LogP contribution in [-0.2, 0) is 19.4 Å². The largest absolute Gasteiger partial charge is 0.337 e. The lowest BCUT2D eigenvalue weighted by Crippen LogP contribution is -2.33. The molecule has 24 heavy (non-hydrogen) atoms. The molecule has 0 N–H and O–H groups in total. The Kier molecular flexibility index (Phi) is 5.16. The van der Waals surface area contributed by atoms with Crippen LogP contribution in [-0.4, -0.2) is 54.0 Å². The van der Waals surface area contributed by atoms with E-state index < -0.39 is 0 Å². The van der Waals surface area contributed by atoms with Crippen LogP contribution in [0.25, 0.3) is 0 Å². The van der Waals surface area contributed by atoms with Crippen LogP contribution < -0.4 is 5.56 Å². The summed E-state index contributed by atoms with van der Waals surface area (Å²) in [4.78, 5) is 29.6. The minimum atomic E-state index is 0.0497. The first-order valence-corrected chi connectivity index (χ1v) is 9.13. The Bertz CT molecular complexity index is 765. The van der Waals surface area contributed by atoms with Gasteiger partial charge in [-0.05, 0) is 37.5 Å². The molecule has 0 saturated heterocycles. The maximum absolute atomic E-state index is 12.6. The number of likely N-dealkylation sites (N-methyl/N-ethyl adjacent to an activating group) is 1. The lowest BCUT2D eigenvalue weighted by Gasteiger charge is -2.19. The predicted octanol–water partition coefficient (Wildman–Crippen LogP) is 1.71. The average molecular weight is 345 g/mol. The van der Waals surface area contributed by atoms with Crippen LogP contribution in [0.1, 0.15) is 20.9 Å². The van der Waals surface area contributed by atoms with Gasteiger partial charge in [0.1, 0.15) is 0 Å². The smallest absolute Gasteiger partial charge is 0.263 e. The summed E-state index contributed by atoms with van der Waals surface area (Å²) in [5.74, 6) is 0.0972. The van der Waals surface area contributed by atoms with Gasteiger partial charge in [0.25, 0.3) is 11.5 Å². The van der Waals surface area contributed by atoms with Crippen molar-refractivity contribution in [2.24, 2.45) is 0 Å². The number of amides is 1. The van der Waals surface area contributed by atoms with E-state index >= 15 is 0 Å². The van der Waals surface area contributed by atoms with E-state index in [1.165, 1.54) is 16.9 Å². The maximum Gasteiger partial charge on any atom is 0.263 e. The first kappa shape index (κ1) is 16.9. The van der Waals surface area contributed by atoms with Crippen molar-refractivity contribution in [1.82, 2.24) is 14.4 Å². The van der Waals surface area contributed by atoms with Gasteiger partial charge in [-0.1, -0.05) is 12.1 Å². The summed E-state index contributed by atoms with van der Waals surface area (Å²) in [7, 11) is 4.02. The molecule has 6 heteroatoms. The van der Waals surface area contributed by atoms with Gasteiger partial charge in [0, 0.05) is 44.4 Å². The number of carbonyl (C=O) groups excluding carboxylic acids is 1. The van der Waals surface area contributed by atoms with Crippen LogP contribution in [0.2, 0.25) is 0 Å². The average Bonchev–Trinajstić information content (AvgIpc) is 3.00.